The van der Waals surface area contributed by atoms with Crippen LogP contribution in [0, 0.1) is 11.7 Å². The predicted molar refractivity (Wildman–Crippen MR) is 131 cm³/mol. The minimum atomic E-state index is -0.240. The maximum atomic E-state index is 14.0. The van der Waals surface area contributed by atoms with Crippen molar-refractivity contribution in [2.75, 3.05) is 45.8 Å². The maximum Gasteiger partial charge on any atom is 0.246 e. The molecule has 0 atom stereocenters. The Morgan fingerprint density at radius 1 is 1.00 bits per heavy atom. The Kier molecular flexibility index (Phi) is 7.93. The number of benzene rings is 1. The molecule has 0 spiro atoms. The van der Waals surface area contributed by atoms with Gasteiger partial charge in [-0.2, -0.15) is 0 Å². The van der Waals surface area contributed by atoms with Gasteiger partial charge in [0.05, 0.1) is 0 Å². The van der Waals surface area contributed by atoms with Gasteiger partial charge in [0.25, 0.3) is 0 Å². The Balaban J connectivity index is 1.23. The van der Waals surface area contributed by atoms with Gasteiger partial charge >= 0.3 is 0 Å². The van der Waals surface area contributed by atoms with Gasteiger partial charge in [0.1, 0.15) is 5.82 Å². The standard InChI is InChI=1S/C26H32FN3O2S/c1-2-28-15-17-30(18-16-28)26(32)19-20-11-13-29(14-12-20)25(31)10-8-21-7-9-24(33-21)22-5-3-4-6-23(22)27/h3-10,20H,2,11-19H2,1H3. The Morgan fingerprint density at radius 2 is 1.73 bits per heavy atom. The van der Waals surface area contributed by atoms with Gasteiger partial charge in [-0.1, -0.05) is 25.1 Å². The number of amides is 2. The Bertz CT molecular complexity index is 989. The van der Waals surface area contributed by atoms with Gasteiger partial charge < -0.3 is 14.7 Å². The molecule has 176 valence electrons. The van der Waals surface area contributed by atoms with Crippen LogP contribution in [0.2, 0.25) is 0 Å². The van der Waals surface area contributed by atoms with E-state index in [4.69, 9.17) is 0 Å². The quantitative estimate of drug-likeness (QED) is 0.591. The summed E-state index contributed by atoms with van der Waals surface area (Å²) in [6.07, 6.45) is 5.75. The van der Waals surface area contributed by atoms with Gasteiger partial charge in [-0.15, -0.1) is 11.3 Å². The van der Waals surface area contributed by atoms with E-state index >= 15 is 0 Å². The average Bonchev–Trinajstić information content (AvgIpc) is 3.32. The lowest BCUT2D eigenvalue weighted by molar-refractivity contribution is -0.134. The van der Waals surface area contributed by atoms with Crippen LogP contribution in [0.5, 0.6) is 0 Å². The largest absolute Gasteiger partial charge is 0.340 e. The van der Waals surface area contributed by atoms with Crippen molar-refractivity contribution >= 4 is 29.2 Å². The number of piperidine rings is 1. The number of piperazine rings is 1. The van der Waals surface area contributed by atoms with Crippen molar-refractivity contribution in [1.82, 2.24) is 14.7 Å². The molecule has 2 saturated heterocycles. The highest BCUT2D eigenvalue weighted by Gasteiger charge is 2.26. The normalized spacial score (nSPS) is 18.2. The van der Waals surface area contributed by atoms with Gasteiger partial charge in [0.2, 0.25) is 11.8 Å². The molecule has 0 aliphatic carbocycles. The van der Waals surface area contributed by atoms with E-state index in [2.05, 4.69) is 11.8 Å². The molecule has 2 aliphatic rings. The second kappa shape index (κ2) is 11.1. The average molecular weight is 470 g/mol. The first-order valence-electron chi connectivity index (χ1n) is 11.9. The van der Waals surface area contributed by atoms with Crippen LogP contribution in [0.4, 0.5) is 4.39 Å². The van der Waals surface area contributed by atoms with Crippen LogP contribution in [0.1, 0.15) is 31.1 Å². The van der Waals surface area contributed by atoms with E-state index in [0.717, 1.165) is 55.3 Å². The van der Waals surface area contributed by atoms with Gasteiger partial charge in [-0.05, 0) is 49.6 Å². The summed E-state index contributed by atoms with van der Waals surface area (Å²) in [5.41, 5.74) is 0.581. The molecule has 33 heavy (non-hydrogen) atoms. The summed E-state index contributed by atoms with van der Waals surface area (Å²) in [6, 6.07) is 10.5. The third-order valence-corrected chi connectivity index (χ3v) is 7.80. The van der Waals surface area contributed by atoms with E-state index in [-0.39, 0.29) is 17.6 Å². The highest BCUT2D eigenvalue weighted by atomic mass is 32.1. The molecule has 7 heteroatoms. The zero-order valence-electron chi connectivity index (χ0n) is 19.2. The lowest BCUT2D eigenvalue weighted by Crippen LogP contribution is -2.49. The summed E-state index contributed by atoms with van der Waals surface area (Å²) in [7, 11) is 0. The first-order valence-corrected chi connectivity index (χ1v) is 12.7. The third-order valence-electron chi connectivity index (χ3n) is 6.72. The number of carbonyl (C=O) groups excluding carboxylic acids is 2. The molecule has 1 aromatic carbocycles. The molecular formula is C26H32FN3O2S. The summed E-state index contributed by atoms with van der Waals surface area (Å²) < 4.78 is 14.0. The van der Waals surface area contributed by atoms with Crippen molar-refractivity contribution in [3.05, 3.63) is 53.2 Å². The fourth-order valence-electron chi connectivity index (χ4n) is 4.55. The molecule has 0 unspecified atom stereocenters. The van der Waals surface area contributed by atoms with E-state index in [1.54, 1.807) is 18.2 Å². The molecule has 2 aliphatic heterocycles. The molecular weight excluding hydrogens is 437 g/mol. The van der Waals surface area contributed by atoms with Gasteiger partial charge in [0, 0.05) is 67.1 Å². The van der Waals surface area contributed by atoms with Crippen molar-refractivity contribution in [2.45, 2.75) is 26.2 Å². The molecule has 3 heterocycles. The molecule has 0 saturated carbocycles. The lowest BCUT2D eigenvalue weighted by Gasteiger charge is -2.36. The molecule has 2 aromatic rings. The topological polar surface area (TPSA) is 43.9 Å². The SMILES string of the molecule is CCN1CCN(C(=O)CC2CCN(C(=O)C=Cc3ccc(-c4ccccc4F)s3)CC2)CC1. The van der Waals surface area contributed by atoms with Gasteiger partial charge in [0.15, 0.2) is 0 Å². The van der Waals surface area contributed by atoms with E-state index in [1.165, 1.54) is 17.4 Å². The van der Waals surface area contributed by atoms with Gasteiger partial charge in [-0.25, -0.2) is 4.39 Å². The zero-order valence-corrected chi connectivity index (χ0v) is 20.0. The van der Waals surface area contributed by atoms with E-state index < -0.39 is 0 Å². The van der Waals surface area contributed by atoms with Crippen LogP contribution < -0.4 is 0 Å². The van der Waals surface area contributed by atoms with Crippen LogP contribution in [-0.4, -0.2) is 72.3 Å². The molecule has 0 radical (unpaired) electrons. The number of likely N-dealkylation sites (tertiary alicyclic amines) is 1. The van der Waals surface area contributed by atoms with E-state index in [9.17, 15) is 14.0 Å². The molecule has 2 amide bonds. The summed E-state index contributed by atoms with van der Waals surface area (Å²) in [6.45, 7) is 8.17. The number of likely N-dealkylation sites (N-methyl/N-ethyl adjacent to an activating group) is 1. The van der Waals surface area contributed by atoms with Crippen molar-refractivity contribution in [2.24, 2.45) is 5.92 Å². The Labute approximate surface area is 199 Å². The molecule has 2 fully saturated rings. The Morgan fingerprint density at radius 3 is 2.42 bits per heavy atom. The summed E-state index contributed by atoms with van der Waals surface area (Å²) in [4.78, 5) is 33.3. The summed E-state index contributed by atoms with van der Waals surface area (Å²) in [5.74, 6) is 0.376. The van der Waals surface area contributed by atoms with Gasteiger partial charge in [-0.3, -0.25) is 9.59 Å². The summed E-state index contributed by atoms with van der Waals surface area (Å²) >= 11 is 1.47. The van der Waals surface area contributed by atoms with Crippen LogP contribution in [0.15, 0.2) is 42.5 Å². The van der Waals surface area contributed by atoms with Crippen LogP contribution in [-0.2, 0) is 9.59 Å². The smallest absolute Gasteiger partial charge is 0.246 e. The van der Waals surface area contributed by atoms with Crippen LogP contribution in [0.25, 0.3) is 16.5 Å². The van der Waals surface area contributed by atoms with Crippen molar-refractivity contribution in [1.29, 1.82) is 0 Å². The second-order valence-corrected chi connectivity index (χ2v) is 9.92. The number of thiophene rings is 1. The number of hydrogen-bond acceptors (Lipinski definition) is 4. The van der Waals surface area contributed by atoms with E-state index in [0.29, 0.717) is 31.0 Å². The zero-order chi connectivity index (χ0) is 23.2. The summed E-state index contributed by atoms with van der Waals surface area (Å²) in [5, 5.41) is 0. The maximum absolute atomic E-state index is 14.0. The van der Waals surface area contributed by atoms with Crippen LogP contribution >= 0.6 is 11.3 Å². The fraction of sp³-hybridized carbons (Fsp3) is 0.462. The van der Waals surface area contributed by atoms with Crippen molar-refractivity contribution in [3.8, 4) is 10.4 Å². The fourth-order valence-corrected chi connectivity index (χ4v) is 5.49. The van der Waals surface area contributed by atoms with Crippen molar-refractivity contribution < 1.29 is 14.0 Å². The second-order valence-electron chi connectivity index (χ2n) is 8.80. The lowest BCUT2D eigenvalue weighted by atomic mass is 9.92. The minimum Gasteiger partial charge on any atom is -0.340 e. The van der Waals surface area contributed by atoms with E-state index in [1.807, 2.05) is 34.1 Å². The highest BCUT2D eigenvalue weighted by molar-refractivity contribution is 7.16. The van der Waals surface area contributed by atoms with Crippen LogP contribution in [0.3, 0.4) is 0 Å². The third kappa shape index (κ3) is 6.09. The highest BCUT2D eigenvalue weighted by Crippen LogP contribution is 2.30. The number of carbonyl (C=O) groups is 2. The predicted octanol–water partition coefficient (Wildman–Crippen LogP) is 4.36. The monoisotopic (exact) mass is 469 g/mol. The number of halogens is 1. The molecule has 4 rings (SSSR count). The molecule has 5 nitrogen and oxygen atoms in total. The molecule has 0 bridgehead atoms. The number of nitrogens with zero attached hydrogens (tertiary/aromatic N) is 3. The molecule has 0 N–H and O–H groups in total. The minimum absolute atomic E-state index is 0.00342. The Hall–Kier alpha value is -2.51. The van der Waals surface area contributed by atoms with Crippen molar-refractivity contribution in [3.63, 3.8) is 0 Å². The molecule has 1 aromatic heterocycles. The first kappa shape index (κ1) is 23.6. The first-order chi connectivity index (χ1) is 16.0. The number of hydrogen-bond donors (Lipinski definition) is 0. The number of rotatable bonds is 6.